The SMILES string of the molecule is CC(=O)c1ccc(NC(=O)C[NH+]2CCC[C@H]2c2ccc3c(c2)OCCCO3)cc1. The molecule has 2 aromatic rings. The van der Waals surface area contributed by atoms with Gasteiger partial charge in [0.1, 0.15) is 6.04 Å². The molecule has 6 nitrogen and oxygen atoms in total. The summed E-state index contributed by atoms with van der Waals surface area (Å²) < 4.78 is 11.6. The summed E-state index contributed by atoms with van der Waals surface area (Å²) in [6.45, 7) is 4.26. The van der Waals surface area contributed by atoms with Gasteiger partial charge in [0.05, 0.1) is 19.8 Å². The molecule has 0 radical (unpaired) electrons. The molecule has 2 aromatic carbocycles. The number of hydrogen-bond acceptors (Lipinski definition) is 4. The van der Waals surface area contributed by atoms with E-state index in [2.05, 4.69) is 17.4 Å². The number of carbonyl (C=O) groups is 2. The van der Waals surface area contributed by atoms with Crippen LogP contribution in [0.15, 0.2) is 42.5 Å². The van der Waals surface area contributed by atoms with E-state index in [1.54, 1.807) is 24.3 Å². The standard InChI is InChI=1S/C23H26N2O4/c1-16(26)17-5-8-19(9-6-17)24-23(27)15-25-11-2-4-20(25)18-7-10-21-22(14-18)29-13-3-12-28-21/h5-10,14,20H,2-4,11-13,15H2,1H3,(H,24,27)/p+1/t20-/m0/s1. The molecule has 6 heteroatoms. The molecule has 4 rings (SSSR count). The molecule has 0 saturated carbocycles. The summed E-state index contributed by atoms with van der Waals surface area (Å²) in [6, 6.07) is 13.5. The number of nitrogens with one attached hydrogen (secondary N) is 2. The molecule has 1 fully saturated rings. The number of benzene rings is 2. The van der Waals surface area contributed by atoms with Crippen molar-refractivity contribution in [1.29, 1.82) is 0 Å². The molecule has 0 aliphatic carbocycles. The third-order valence-corrected chi connectivity index (χ3v) is 5.62. The summed E-state index contributed by atoms with van der Waals surface area (Å²) in [4.78, 5) is 25.2. The number of ether oxygens (including phenoxy) is 2. The molecule has 29 heavy (non-hydrogen) atoms. The molecule has 1 unspecified atom stereocenters. The lowest BCUT2D eigenvalue weighted by Crippen LogP contribution is -3.11. The Kier molecular flexibility index (Phi) is 5.81. The molecule has 1 saturated heterocycles. The highest BCUT2D eigenvalue weighted by atomic mass is 16.5. The lowest BCUT2D eigenvalue weighted by atomic mass is 10.0. The Bertz CT molecular complexity index is 894. The normalized spacial score (nSPS) is 20.7. The van der Waals surface area contributed by atoms with E-state index in [9.17, 15) is 9.59 Å². The molecule has 2 aliphatic rings. The number of amides is 1. The van der Waals surface area contributed by atoms with Crippen molar-refractivity contribution in [3.8, 4) is 11.5 Å². The monoisotopic (exact) mass is 395 g/mol. The largest absolute Gasteiger partial charge is 0.490 e. The minimum absolute atomic E-state index is 0.0161. The van der Waals surface area contributed by atoms with Crippen molar-refractivity contribution in [1.82, 2.24) is 0 Å². The van der Waals surface area contributed by atoms with Gasteiger partial charge in [-0.2, -0.15) is 0 Å². The zero-order valence-electron chi connectivity index (χ0n) is 16.7. The number of likely N-dealkylation sites (tertiary alicyclic amines) is 1. The Labute approximate surface area is 170 Å². The molecule has 2 heterocycles. The van der Waals surface area contributed by atoms with Gasteiger partial charge in [0.25, 0.3) is 5.91 Å². The van der Waals surface area contributed by atoms with Gasteiger partial charge in [-0.15, -0.1) is 0 Å². The average molecular weight is 395 g/mol. The van der Waals surface area contributed by atoms with Gasteiger partial charge in [-0.1, -0.05) is 0 Å². The van der Waals surface area contributed by atoms with E-state index >= 15 is 0 Å². The molecule has 0 spiro atoms. The predicted octanol–water partition coefficient (Wildman–Crippen LogP) is 2.41. The van der Waals surface area contributed by atoms with Crippen LogP contribution in [-0.4, -0.2) is 38.0 Å². The van der Waals surface area contributed by atoms with Crippen molar-refractivity contribution in [2.24, 2.45) is 0 Å². The molecule has 2 atom stereocenters. The van der Waals surface area contributed by atoms with Gasteiger partial charge >= 0.3 is 0 Å². The Morgan fingerprint density at radius 2 is 1.79 bits per heavy atom. The molecular weight excluding hydrogens is 368 g/mol. The highest BCUT2D eigenvalue weighted by Gasteiger charge is 2.32. The molecule has 152 valence electrons. The second-order valence-corrected chi connectivity index (χ2v) is 7.72. The van der Waals surface area contributed by atoms with E-state index in [0.29, 0.717) is 31.0 Å². The first-order chi connectivity index (χ1) is 14.1. The van der Waals surface area contributed by atoms with Crippen molar-refractivity contribution in [3.05, 3.63) is 53.6 Å². The van der Waals surface area contributed by atoms with E-state index in [4.69, 9.17) is 9.47 Å². The zero-order valence-corrected chi connectivity index (χ0v) is 16.7. The highest BCUT2D eigenvalue weighted by Crippen LogP contribution is 2.33. The number of anilines is 1. The quantitative estimate of drug-likeness (QED) is 0.763. The van der Waals surface area contributed by atoms with Crippen LogP contribution in [0, 0.1) is 0 Å². The van der Waals surface area contributed by atoms with Gasteiger partial charge in [-0.3, -0.25) is 9.59 Å². The highest BCUT2D eigenvalue weighted by molar-refractivity contribution is 5.95. The Morgan fingerprint density at radius 1 is 1.03 bits per heavy atom. The number of quaternary nitrogens is 1. The first-order valence-electron chi connectivity index (χ1n) is 10.2. The second-order valence-electron chi connectivity index (χ2n) is 7.72. The fourth-order valence-corrected chi connectivity index (χ4v) is 4.12. The van der Waals surface area contributed by atoms with Gasteiger partial charge in [0.15, 0.2) is 23.8 Å². The number of rotatable bonds is 5. The fourth-order valence-electron chi connectivity index (χ4n) is 4.12. The van der Waals surface area contributed by atoms with Gasteiger partial charge in [-0.25, -0.2) is 0 Å². The number of Topliss-reactive ketones (excluding diaryl/α,β-unsaturated/α-hetero) is 1. The topological polar surface area (TPSA) is 69.1 Å². The molecule has 0 aromatic heterocycles. The van der Waals surface area contributed by atoms with E-state index in [0.717, 1.165) is 37.3 Å². The van der Waals surface area contributed by atoms with Gasteiger partial charge < -0.3 is 19.7 Å². The summed E-state index contributed by atoms with van der Waals surface area (Å²) in [5.74, 6) is 1.61. The van der Waals surface area contributed by atoms with Gasteiger partial charge in [-0.05, 0) is 49.4 Å². The minimum atomic E-state index is -0.0168. The lowest BCUT2D eigenvalue weighted by Gasteiger charge is -2.22. The Hall–Kier alpha value is -2.86. The maximum Gasteiger partial charge on any atom is 0.279 e. The van der Waals surface area contributed by atoms with Crippen LogP contribution < -0.4 is 19.7 Å². The number of carbonyl (C=O) groups excluding carboxylic acids is 2. The Morgan fingerprint density at radius 3 is 2.55 bits per heavy atom. The van der Waals surface area contributed by atoms with E-state index < -0.39 is 0 Å². The summed E-state index contributed by atoms with van der Waals surface area (Å²) in [7, 11) is 0. The van der Waals surface area contributed by atoms with Crippen molar-refractivity contribution in [2.45, 2.75) is 32.2 Å². The second kappa shape index (κ2) is 8.66. The summed E-state index contributed by atoms with van der Waals surface area (Å²) in [5, 5.41) is 2.95. The third-order valence-electron chi connectivity index (χ3n) is 5.62. The minimum Gasteiger partial charge on any atom is -0.490 e. The van der Waals surface area contributed by atoms with Crippen LogP contribution in [0.3, 0.4) is 0 Å². The average Bonchev–Trinajstić information content (AvgIpc) is 3.03. The Balaban J connectivity index is 1.41. The summed E-state index contributed by atoms with van der Waals surface area (Å²) >= 11 is 0. The van der Waals surface area contributed by atoms with Crippen molar-refractivity contribution < 1.29 is 24.0 Å². The number of ketones is 1. The summed E-state index contributed by atoms with van der Waals surface area (Å²) in [6.07, 6.45) is 3.03. The number of hydrogen-bond donors (Lipinski definition) is 2. The lowest BCUT2D eigenvalue weighted by molar-refractivity contribution is -0.910. The summed E-state index contributed by atoms with van der Waals surface area (Å²) in [5.41, 5.74) is 2.55. The molecule has 2 N–H and O–H groups in total. The third kappa shape index (κ3) is 4.59. The van der Waals surface area contributed by atoms with E-state index in [-0.39, 0.29) is 17.7 Å². The van der Waals surface area contributed by atoms with Crippen molar-refractivity contribution in [3.63, 3.8) is 0 Å². The van der Waals surface area contributed by atoms with Crippen LogP contribution in [0.4, 0.5) is 5.69 Å². The smallest absolute Gasteiger partial charge is 0.279 e. The predicted molar refractivity (Wildman–Crippen MR) is 110 cm³/mol. The first kappa shape index (κ1) is 19.5. The van der Waals surface area contributed by atoms with Crippen LogP contribution >= 0.6 is 0 Å². The van der Waals surface area contributed by atoms with Crippen LogP contribution in [0.25, 0.3) is 0 Å². The first-order valence-corrected chi connectivity index (χ1v) is 10.2. The van der Waals surface area contributed by atoms with Gasteiger partial charge in [0, 0.05) is 36.1 Å². The molecule has 1 amide bonds. The van der Waals surface area contributed by atoms with E-state index in [1.165, 1.54) is 17.4 Å². The maximum atomic E-state index is 12.6. The maximum absolute atomic E-state index is 12.6. The van der Waals surface area contributed by atoms with E-state index in [1.807, 2.05) is 6.07 Å². The molecular formula is C23H27N2O4+. The van der Waals surface area contributed by atoms with Crippen LogP contribution in [-0.2, 0) is 4.79 Å². The molecule has 0 bridgehead atoms. The van der Waals surface area contributed by atoms with Crippen LogP contribution in [0.5, 0.6) is 11.5 Å². The van der Waals surface area contributed by atoms with Crippen molar-refractivity contribution in [2.75, 3.05) is 31.6 Å². The van der Waals surface area contributed by atoms with Crippen molar-refractivity contribution >= 4 is 17.4 Å². The van der Waals surface area contributed by atoms with Crippen LogP contribution in [0.1, 0.15) is 48.1 Å². The van der Waals surface area contributed by atoms with Gasteiger partial charge in [0.2, 0.25) is 0 Å². The van der Waals surface area contributed by atoms with Crippen LogP contribution in [0.2, 0.25) is 0 Å². The zero-order chi connectivity index (χ0) is 20.2. The molecule has 2 aliphatic heterocycles. The fraction of sp³-hybridized carbons (Fsp3) is 0.391. The number of fused-ring (bicyclic) bond motifs is 1.